The number of guanidine groups is 1. The quantitative estimate of drug-likeness (QED) is 0.0324. The smallest absolute Gasteiger partial charge is 0.326 e. The van der Waals surface area contributed by atoms with Gasteiger partial charge in [-0.25, -0.2) is 4.79 Å². The highest BCUT2D eigenvalue weighted by molar-refractivity contribution is 5.95. The first kappa shape index (κ1) is 41.5. The zero-order valence-electron chi connectivity index (χ0n) is 27.4. The maximum atomic E-state index is 13.2. The molecule has 0 aromatic rings. The number of aliphatic imine (C=N–C) groups is 1. The number of nitrogens with one attached hydrogen (secondary N) is 5. The van der Waals surface area contributed by atoms with E-state index >= 15 is 0 Å². The molecule has 0 bridgehead atoms. The number of aliphatic carboxylic acids is 1. The van der Waals surface area contributed by atoms with Crippen LogP contribution in [0.4, 0.5) is 0 Å². The molecule has 1 fully saturated rings. The van der Waals surface area contributed by atoms with Gasteiger partial charge in [-0.15, -0.1) is 0 Å². The van der Waals surface area contributed by atoms with E-state index in [1.54, 1.807) is 13.8 Å². The number of aliphatic hydroxyl groups is 2. The number of likely N-dealkylation sites (tertiary alicyclic amines) is 1. The molecule has 0 radical (unpaired) electrons. The molecule has 0 aromatic carbocycles. The molecule has 1 aliphatic heterocycles. The highest BCUT2D eigenvalue weighted by atomic mass is 16.4. The topological polar surface area (TPSA) is 334 Å². The van der Waals surface area contributed by atoms with E-state index in [2.05, 4.69) is 31.6 Å². The van der Waals surface area contributed by atoms with Gasteiger partial charge < -0.3 is 64.0 Å². The lowest BCUT2D eigenvalue weighted by atomic mass is 10.0. The van der Waals surface area contributed by atoms with Crippen molar-refractivity contribution in [3.05, 3.63) is 0 Å². The number of carboxylic acid groups (broad SMARTS) is 1. The summed E-state index contributed by atoms with van der Waals surface area (Å²) in [4.78, 5) is 92.7. The predicted octanol–water partition coefficient (Wildman–Crippen LogP) is -5.45. The van der Waals surface area contributed by atoms with Crippen molar-refractivity contribution >= 4 is 47.4 Å². The molecule has 1 rings (SSSR count). The molecule has 0 unspecified atom stereocenters. The van der Waals surface area contributed by atoms with Crippen molar-refractivity contribution in [3.63, 3.8) is 0 Å². The number of nitrogens with zero attached hydrogens (tertiary/aromatic N) is 2. The lowest BCUT2D eigenvalue weighted by Gasteiger charge is -2.27. The molecule has 6 atom stereocenters. The lowest BCUT2D eigenvalue weighted by Crippen LogP contribution is -2.57. The molecular weight excluding hydrogens is 636 g/mol. The van der Waals surface area contributed by atoms with Crippen molar-refractivity contribution in [2.45, 2.75) is 89.2 Å². The Kier molecular flexibility index (Phi) is 17.8. The number of hydrogen-bond donors (Lipinski definition) is 11. The fraction of sp³-hybridized carbons (Fsp3) is 0.714. The van der Waals surface area contributed by atoms with Crippen LogP contribution in [0.15, 0.2) is 4.99 Å². The molecule has 1 heterocycles. The fourth-order valence-corrected chi connectivity index (χ4v) is 4.67. The van der Waals surface area contributed by atoms with Gasteiger partial charge in [0, 0.05) is 13.1 Å². The van der Waals surface area contributed by atoms with Crippen LogP contribution < -0.4 is 43.8 Å². The first-order valence-corrected chi connectivity index (χ1v) is 15.6. The average Bonchev–Trinajstić information content (AvgIpc) is 3.51. The Balaban J connectivity index is 2.76. The molecular formula is C28H50N10O10. The van der Waals surface area contributed by atoms with Crippen LogP contribution in [-0.2, 0) is 33.6 Å². The van der Waals surface area contributed by atoms with Gasteiger partial charge in [0.05, 0.1) is 25.8 Å². The zero-order valence-corrected chi connectivity index (χ0v) is 27.4. The van der Waals surface area contributed by atoms with Gasteiger partial charge in [0.25, 0.3) is 0 Å². The minimum atomic E-state index is -1.53. The SMILES string of the molecule is CC(C)C[C@H](NC(=O)[C@@H]1CCCN1C(=O)CNC(=O)[C@@H](N)[C@@H](C)O)C(=O)NCC(=O)N[C@@H](CO)C(=O)N[C@@H](CCCN=C(N)N)C(=O)O. The normalized spacial score (nSPS) is 17.2. The highest BCUT2D eigenvalue weighted by Gasteiger charge is 2.36. The molecule has 20 nitrogen and oxygen atoms in total. The van der Waals surface area contributed by atoms with E-state index in [4.69, 9.17) is 17.2 Å². The van der Waals surface area contributed by atoms with Crippen LogP contribution in [0.2, 0.25) is 0 Å². The Hall–Kier alpha value is -4.56. The standard InChI is InChI=1S/C28H50N10O10/c1-14(2)10-17(37-25(45)19-7-5-9-38(19)21(42)12-34-26(46)22(29)15(3)40)23(43)33-11-20(41)35-18(13-39)24(44)36-16(27(47)48)6-4-8-32-28(30)31/h14-19,22,39-40H,4-13,29H2,1-3H3,(H,33,43)(H,34,46)(H,35,41)(H,36,44)(H,37,45)(H,47,48)(H4,30,31,32)/t15-,16+,17+,18+,19+,22+/m1/s1. The molecule has 1 aliphatic rings. The number of rotatable bonds is 20. The number of carbonyl (C=O) groups excluding carboxylic acids is 6. The second kappa shape index (κ2) is 20.6. The summed E-state index contributed by atoms with van der Waals surface area (Å²) >= 11 is 0. The molecule has 1 saturated heterocycles. The maximum Gasteiger partial charge on any atom is 0.326 e. The van der Waals surface area contributed by atoms with Gasteiger partial charge >= 0.3 is 5.97 Å². The van der Waals surface area contributed by atoms with Crippen LogP contribution in [0.1, 0.15) is 52.9 Å². The second-order valence-corrected chi connectivity index (χ2v) is 11.8. The molecule has 48 heavy (non-hydrogen) atoms. The van der Waals surface area contributed by atoms with Crippen LogP contribution in [0.3, 0.4) is 0 Å². The van der Waals surface area contributed by atoms with Crippen molar-refractivity contribution in [1.29, 1.82) is 0 Å². The van der Waals surface area contributed by atoms with Crippen molar-refractivity contribution < 1.29 is 48.9 Å². The number of aliphatic hydroxyl groups excluding tert-OH is 2. The molecule has 0 aromatic heterocycles. The van der Waals surface area contributed by atoms with E-state index in [1.807, 2.05) is 0 Å². The predicted molar refractivity (Wildman–Crippen MR) is 170 cm³/mol. The Labute approximate surface area is 278 Å². The van der Waals surface area contributed by atoms with Gasteiger partial charge in [-0.3, -0.25) is 33.8 Å². The summed E-state index contributed by atoms with van der Waals surface area (Å²) in [5, 5.41) is 40.3. The van der Waals surface area contributed by atoms with Crippen LogP contribution in [0, 0.1) is 5.92 Å². The summed E-state index contributed by atoms with van der Waals surface area (Å²) < 4.78 is 0. The summed E-state index contributed by atoms with van der Waals surface area (Å²) in [5.41, 5.74) is 16.0. The Morgan fingerprint density at radius 1 is 0.896 bits per heavy atom. The largest absolute Gasteiger partial charge is 0.480 e. The number of hydrogen-bond acceptors (Lipinski definition) is 11. The monoisotopic (exact) mass is 686 g/mol. The van der Waals surface area contributed by atoms with E-state index < -0.39 is 97.4 Å². The van der Waals surface area contributed by atoms with E-state index in [0.717, 1.165) is 0 Å². The zero-order chi connectivity index (χ0) is 36.6. The Morgan fingerprint density at radius 3 is 2.10 bits per heavy atom. The average molecular weight is 687 g/mol. The van der Waals surface area contributed by atoms with Gasteiger partial charge in [-0.05, 0) is 44.9 Å². The van der Waals surface area contributed by atoms with E-state index in [0.29, 0.717) is 12.8 Å². The third-order valence-electron chi connectivity index (χ3n) is 7.27. The van der Waals surface area contributed by atoms with Gasteiger partial charge in [0.2, 0.25) is 35.4 Å². The molecule has 20 heteroatoms. The second-order valence-electron chi connectivity index (χ2n) is 11.8. The number of carboxylic acids is 1. The first-order valence-electron chi connectivity index (χ1n) is 15.6. The fourth-order valence-electron chi connectivity index (χ4n) is 4.67. The summed E-state index contributed by atoms with van der Waals surface area (Å²) in [6.45, 7) is 3.34. The van der Waals surface area contributed by atoms with E-state index in [9.17, 15) is 48.9 Å². The minimum Gasteiger partial charge on any atom is -0.480 e. The summed E-state index contributed by atoms with van der Waals surface area (Å²) in [5.74, 6) is -6.07. The number of amides is 6. The maximum absolute atomic E-state index is 13.2. The van der Waals surface area contributed by atoms with Gasteiger partial charge in [-0.2, -0.15) is 0 Å². The summed E-state index contributed by atoms with van der Waals surface area (Å²) in [6, 6.07) is -6.13. The molecule has 0 spiro atoms. The highest BCUT2D eigenvalue weighted by Crippen LogP contribution is 2.18. The van der Waals surface area contributed by atoms with Gasteiger partial charge in [0.15, 0.2) is 5.96 Å². The Bertz CT molecular complexity index is 1180. The van der Waals surface area contributed by atoms with Crippen molar-refractivity contribution in [2.75, 3.05) is 32.8 Å². The Morgan fingerprint density at radius 2 is 1.54 bits per heavy atom. The molecule has 6 amide bonds. The van der Waals surface area contributed by atoms with E-state index in [-0.39, 0.29) is 44.2 Å². The third kappa shape index (κ3) is 14.5. The van der Waals surface area contributed by atoms with Gasteiger partial charge in [-0.1, -0.05) is 13.8 Å². The number of carbonyl (C=O) groups is 7. The molecule has 14 N–H and O–H groups in total. The van der Waals surface area contributed by atoms with E-state index in [1.165, 1.54) is 11.8 Å². The number of nitrogens with two attached hydrogens (primary N) is 3. The van der Waals surface area contributed by atoms with Crippen LogP contribution in [0.25, 0.3) is 0 Å². The lowest BCUT2D eigenvalue weighted by molar-refractivity contribution is -0.142. The van der Waals surface area contributed by atoms with Crippen LogP contribution in [-0.4, -0.2) is 137 Å². The first-order chi connectivity index (χ1) is 22.5. The summed E-state index contributed by atoms with van der Waals surface area (Å²) in [7, 11) is 0. The summed E-state index contributed by atoms with van der Waals surface area (Å²) in [6.07, 6.45) is 0.0303. The molecule has 0 aliphatic carbocycles. The van der Waals surface area contributed by atoms with Crippen molar-refractivity contribution in [3.8, 4) is 0 Å². The minimum absolute atomic E-state index is 0.0367. The third-order valence-corrected chi connectivity index (χ3v) is 7.27. The van der Waals surface area contributed by atoms with Crippen molar-refractivity contribution in [1.82, 2.24) is 31.5 Å². The molecule has 272 valence electrons. The molecule has 0 saturated carbocycles. The van der Waals surface area contributed by atoms with Crippen LogP contribution >= 0.6 is 0 Å². The van der Waals surface area contributed by atoms with Crippen molar-refractivity contribution in [2.24, 2.45) is 28.1 Å². The van der Waals surface area contributed by atoms with Crippen LogP contribution in [0.5, 0.6) is 0 Å². The van der Waals surface area contributed by atoms with Gasteiger partial charge in [0.1, 0.15) is 30.2 Å².